The average molecular weight is 726 g/mol. The predicted molar refractivity (Wildman–Crippen MR) is 233 cm³/mol. The van der Waals surface area contributed by atoms with E-state index >= 15 is 0 Å². The summed E-state index contributed by atoms with van der Waals surface area (Å²) in [5, 5.41) is 6.09. The molecule has 3 aromatic heterocycles. The number of nitrogens with zero attached hydrogens (tertiary/aromatic N) is 3. The van der Waals surface area contributed by atoms with Crippen LogP contribution >= 0.6 is 0 Å². The Morgan fingerprint density at radius 3 is 2.21 bits per heavy atom. The fourth-order valence-corrected chi connectivity index (χ4v) is 9.52. The van der Waals surface area contributed by atoms with Crippen molar-refractivity contribution >= 4 is 54.6 Å². The van der Waals surface area contributed by atoms with Crippen LogP contribution in [0.3, 0.4) is 0 Å². The van der Waals surface area contributed by atoms with E-state index in [0.29, 0.717) is 11.7 Å². The molecule has 0 radical (unpaired) electrons. The van der Waals surface area contributed by atoms with Crippen LogP contribution in [-0.4, -0.2) is 14.5 Å². The number of hydrogen-bond donors (Lipinski definition) is 0. The van der Waals surface area contributed by atoms with Gasteiger partial charge in [0.1, 0.15) is 16.8 Å². The average Bonchev–Trinajstić information content (AvgIpc) is 3.78. The molecule has 1 unspecified atom stereocenters. The lowest BCUT2D eigenvalue weighted by Crippen LogP contribution is -2.33. The molecular weight excluding hydrogens is 683 g/mol. The highest BCUT2D eigenvalue weighted by Gasteiger charge is 2.38. The van der Waals surface area contributed by atoms with Gasteiger partial charge in [0.2, 0.25) is 0 Å². The van der Waals surface area contributed by atoms with Crippen molar-refractivity contribution in [3.63, 3.8) is 0 Å². The monoisotopic (exact) mass is 725 g/mol. The molecule has 2 aliphatic rings. The SMILES string of the molecule is CC1(C)CCC(C)(C)c2cc3c(cc21)c1ccc2ccccc2c1n3-c1ccc(-c2nc(-c3cccc(C4C=CC=CC4)c3)c3oc4ccccc4c3n2)cc1. The van der Waals surface area contributed by atoms with Crippen molar-refractivity contribution in [2.24, 2.45) is 0 Å². The van der Waals surface area contributed by atoms with Gasteiger partial charge in [-0.3, -0.25) is 0 Å². The van der Waals surface area contributed by atoms with Gasteiger partial charge in [0.05, 0.1) is 11.0 Å². The molecule has 0 bridgehead atoms. The molecule has 3 heterocycles. The van der Waals surface area contributed by atoms with E-state index in [-0.39, 0.29) is 10.8 Å². The van der Waals surface area contributed by atoms with Crippen LogP contribution in [0.2, 0.25) is 0 Å². The van der Waals surface area contributed by atoms with Crippen molar-refractivity contribution < 1.29 is 4.42 Å². The van der Waals surface area contributed by atoms with Crippen LogP contribution in [0.1, 0.15) is 69.6 Å². The Hall–Kier alpha value is -6.26. The van der Waals surface area contributed by atoms with Gasteiger partial charge in [-0.15, -0.1) is 0 Å². The maximum absolute atomic E-state index is 6.51. The molecule has 11 rings (SSSR count). The smallest absolute Gasteiger partial charge is 0.180 e. The van der Waals surface area contributed by atoms with Crippen molar-refractivity contribution in [1.82, 2.24) is 14.5 Å². The lowest BCUT2D eigenvalue weighted by molar-refractivity contribution is 0.332. The quantitative estimate of drug-likeness (QED) is 0.181. The zero-order valence-electron chi connectivity index (χ0n) is 32.3. The summed E-state index contributed by atoms with van der Waals surface area (Å²) in [5.74, 6) is 1.02. The molecular formula is C52H43N3O. The first kappa shape index (κ1) is 33.1. The second kappa shape index (κ2) is 12.1. The van der Waals surface area contributed by atoms with Crippen molar-refractivity contribution in [3.05, 3.63) is 162 Å². The molecule has 0 amide bonds. The molecule has 0 saturated heterocycles. The van der Waals surface area contributed by atoms with Gasteiger partial charge in [-0.25, -0.2) is 9.97 Å². The van der Waals surface area contributed by atoms with Crippen molar-refractivity contribution in [2.75, 3.05) is 0 Å². The summed E-state index contributed by atoms with van der Waals surface area (Å²) >= 11 is 0. The normalized spacial score (nSPS) is 17.4. The van der Waals surface area contributed by atoms with E-state index in [1.807, 2.05) is 18.2 Å². The number of benzene rings is 6. The van der Waals surface area contributed by atoms with Crippen LogP contribution in [0.25, 0.3) is 83.0 Å². The van der Waals surface area contributed by atoms with Gasteiger partial charge in [0.25, 0.3) is 0 Å². The summed E-state index contributed by atoms with van der Waals surface area (Å²) in [6.07, 6.45) is 12.1. The lowest BCUT2D eigenvalue weighted by Gasteiger charge is -2.42. The van der Waals surface area contributed by atoms with Crippen molar-refractivity contribution in [1.29, 1.82) is 0 Å². The maximum Gasteiger partial charge on any atom is 0.180 e. The Labute approximate surface area is 326 Å². The van der Waals surface area contributed by atoms with E-state index < -0.39 is 0 Å². The topological polar surface area (TPSA) is 43.9 Å². The fraction of sp³-hybridized carbons (Fsp3) is 0.192. The molecule has 0 N–H and O–H groups in total. The zero-order chi connectivity index (χ0) is 37.8. The Bertz CT molecular complexity index is 3120. The number of aromatic nitrogens is 3. The van der Waals surface area contributed by atoms with Crippen LogP contribution < -0.4 is 0 Å². The molecule has 4 heteroatoms. The maximum atomic E-state index is 6.51. The molecule has 6 aromatic carbocycles. The highest BCUT2D eigenvalue weighted by molar-refractivity contribution is 6.19. The summed E-state index contributed by atoms with van der Waals surface area (Å²) in [7, 11) is 0. The van der Waals surface area contributed by atoms with Gasteiger partial charge in [0.15, 0.2) is 11.4 Å². The first-order chi connectivity index (χ1) is 27.2. The first-order valence-electron chi connectivity index (χ1n) is 20.0. The highest BCUT2D eigenvalue weighted by Crippen LogP contribution is 2.49. The van der Waals surface area contributed by atoms with E-state index in [2.05, 4.69) is 160 Å². The molecule has 4 nitrogen and oxygen atoms in total. The Kier molecular flexibility index (Phi) is 7.17. The number of hydrogen-bond acceptors (Lipinski definition) is 3. The largest absolute Gasteiger partial charge is 0.452 e. The van der Waals surface area contributed by atoms with Crippen LogP contribution in [-0.2, 0) is 10.8 Å². The third kappa shape index (κ3) is 5.05. The summed E-state index contributed by atoms with van der Waals surface area (Å²) in [6, 6.07) is 44.2. The van der Waals surface area contributed by atoms with Crippen LogP contribution in [0.5, 0.6) is 0 Å². The minimum Gasteiger partial charge on any atom is -0.452 e. The molecule has 1 atom stereocenters. The van der Waals surface area contributed by atoms with Gasteiger partial charge in [-0.1, -0.05) is 119 Å². The lowest BCUT2D eigenvalue weighted by atomic mass is 9.63. The van der Waals surface area contributed by atoms with E-state index in [1.165, 1.54) is 62.1 Å². The highest BCUT2D eigenvalue weighted by atomic mass is 16.3. The summed E-state index contributed by atoms with van der Waals surface area (Å²) < 4.78 is 9.01. The molecule has 2 aliphatic carbocycles. The molecule has 0 saturated carbocycles. The van der Waals surface area contributed by atoms with E-state index in [1.54, 1.807) is 0 Å². The number of rotatable bonds is 4. The predicted octanol–water partition coefficient (Wildman–Crippen LogP) is 13.9. The Balaban J connectivity index is 1.11. The van der Waals surface area contributed by atoms with Crippen LogP contribution in [0.4, 0.5) is 0 Å². The van der Waals surface area contributed by atoms with Crippen LogP contribution in [0, 0.1) is 0 Å². The van der Waals surface area contributed by atoms with Crippen molar-refractivity contribution in [2.45, 2.75) is 63.7 Å². The summed E-state index contributed by atoms with van der Waals surface area (Å²) in [5.41, 5.74) is 13.2. The Morgan fingerprint density at radius 1 is 0.643 bits per heavy atom. The van der Waals surface area contributed by atoms with E-state index in [4.69, 9.17) is 14.4 Å². The van der Waals surface area contributed by atoms with Gasteiger partial charge in [-0.05, 0) is 107 Å². The third-order valence-corrected chi connectivity index (χ3v) is 12.8. The van der Waals surface area contributed by atoms with Gasteiger partial charge in [0, 0.05) is 44.3 Å². The number of para-hydroxylation sites is 1. The van der Waals surface area contributed by atoms with Crippen molar-refractivity contribution in [3.8, 4) is 28.3 Å². The third-order valence-electron chi connectivity index (χ3n) is 12.8. The van der Waals surface area contributed by atoms with Gasteiger partial charge >= 0.3 is 0 Å². The molecule has 0 fully saturated rings. The molecule has 0 aliphatic heterocycles. The molecule has 0 spiro atoms. The Morgan fingerprint density at radius 2 is 1.41 bits per heavy atom. The summed E-state index contributed by atoms with van der Waals surface area (Å²) in [6.45, 7) is 9.66. The van der Waals surface area contributed by atoms with Gasteiger partial charge in [-0.2, -0.15) is 0 Å². The second-order valence-electron chi connectivity index (χ2n) is 17.2. The second-order valence-corrected chi connectivity index (χ2v) is 17.2. The molecule has 272 valence electrons. The first-order valence-corrected chi connectivity index (χ1v) is 20.0. The standard InChI is InChI=1S/C52H43N3O/c1-51(2)27-28-52(3,4)43-31-44-41(30-42(43)51)39-26-23-33-15-8-9-18-38(33)48(39)55(44)37-24-21-34(22-25-37)50-53-46(49-47(54-50)40-19-10-11-20-45(40)56-49)36-17-12-16-35(29-36)32-13-6-5-7-14-32/h5-13,15-26,29-32H,14,27-28H2,1-4H3. The minimum absolute atomic E-state index is 0.0981. The minimum atomic E-state index is 0.0981. The number of fused-ring (bicyclic) bond motifs is 9. The molecule has 56 heavy (non-hydrogen) atoms. The van der Waals surface area contributed by atoms with E-state index in [0.717, 1.165) is 51.0 Å². The zero-order valence-corrected chi connectivity index (χ0v) is 32.3. The number of allylic oxidation sites excluding steroid dienone is 4. The fourth-order valence-electron chi connectivity index (χ4n) is 9.52. The summed E-state index contributed by atoms with van der Waals surface area (Å²) in [4.78, 5) is 10.5. The number of furan rings is 1. The van der Waals surface area contributed by atoms with Gasteiger partial charge < -0.3 is 8.98 Å². The van der Waals surface area contributed by atoms with E-state index in [9.17, 15) is 0 Å². The van der Waals surface area contributed by atoms with Crippen LogP contribution in [0.15, 0.2) is 150 Å². The molecule has 9 aromatic rings.